The summed E-state index contributed by atoms with van der Waals surface area (Å²) in [5, 5.41) is 2.18. The molecule has 4 nitrogen and oxygen atoms in total. The number of rotatable bonds is 5. The number of alkyl halides is 3. The van der Waals surface area contributed by atoms with Gasteiger partial charge < -0.3 is 14.8 Å². The molecule has 24 heavy (non-hydrogen) atoms. The van der Waals surface area contributed by atoms with Gasteiger partial charge in [0.15, 0.2) is 6.61 Å². The molecule has 0 unspecified atom stereocenters. The van der Waals surface area contributed by atoms with Crippen molar-refractivity contribution in [2.45, 2.75) is 6.36 Å². The van der Waals surface area contributed by atoms with E-state index in [2.05, 4.69) is 10.1 Å². The number of ether oxygens (including phenoxy) is 2. The van der Waals surface area contributed by atoms with Crippen molar-refractivity contribution >= 4 is 23.2 Å². The number of carbonyl (C=O) groups excluding carboxylic acids is 1. The average Bonchev–Trinajstić information content (AvgIpc) is 2.47. The van der Waals surface area contributed by atoms with Crippen LogP contribution in [0.3, 0.4) is 0 Å². The minimum absolute atomic E-state index is 0.0995. The SMILES string of the molecule is O=C(COc1ccc(F)c(Cl)c1)Nc1cccc(OC(F)(F)F)c1. The Morgan fingerprint density at radius 1 is 1.12 bits per heavy atom. The summed E-state index contributed by atoms with van der Waals surface area (Å²) in [6, 6.07) is 8.34. The van der Waals surface area contributed by atoms with Gasteiger partial charge in [-0.25, -0.2) is 4.39 Å². The summed E-state index contributed by atoms with van der Waals surface area (Å²) in [5.74, 6) is -1.55. The van der Waals surface area contributed by atoms with E-state index in [1.807, 2.05) is 0 Å². The summed E-state index contributed by atoms with van der Waals surface area (Å²) in [4.78, 5) is 11.7. The molecule has 128 valence electrons. The van der Waals surface area contributed by atoms with Crippen molar-refractivity contribution in [3.05, 3.63) is 53.3 Å². The van der Waals surface area contributed by atoms with Gasteiger partial charge in [-0.2, -0.15) is 0 Å². The molecule has 0 aliphatic heterocycles. The van der Waals surface area contributed by atoms with Crippen LogP contribution in [0.4, 0.5) is 23.2 Å². The van der Waals surface area contributed by atoms with E-state index < -0.39 is 30.4 Å². The van der Waals surface area contributed by atoms with Gasteiger partial charge in [0.1, 0.15) is 17.3 Å². The standard InChI is InChI=1S/C15H10ClF4NO3/c16-12-7-10(4-5-13(12)17)23-8-14(22)21-9-2-1-3-11(6-9)24-15(18,19)20/h1-7H,8H2,(H,21,22). The Morgan fingerprint density at radius 2 is 1.88 bits per heavy atom. The Balaban J connectivity index is 1.92. The maximum Gasteiger partial charge on any atom is 0.573 e. The molecule has 2 rings (SSSR count). The first kappa shape index (κ1) is 17.9. The monoisotopic (exact) mass is 363 g/mol. The Hall–Kier alpha value is -2.48. The number of anilines is 1. The lowest BCUT2D eigenvalue weighted by molar-refractivity contribution is -0.274. The van der Waals surface area contributed by atoms with Crippen molar-refractivity contribution in [2.24, 2.45) is 0 Å². The van der Waals surface area contributed by atoms with E-state index in [-0.39, 0.29) is 16.5 Å². The van der Waals surface area contributed by atoms with Crippen LogP contribution in [0.1, 0.15) is 0 Å². The molecule has 0 saturated heterocycles. The first-order valence-corrected chi connectivity index (χ1v) is 6.84. The molecule has 1 N–H and O–H groups in total. The lowest BCUT2D eigenvalue weighted by Gasteiger charge is -2.11. The van der Waals surface area contributed by atoms with E-state index in [0.717, 1.165) is 18.2 Å². The van der Waals surface area contributed by atoms with Gasteiger partial charge in [0.05, 0.1) is 5.02 Å². The molecule has 0 aromatic heterocycles. The van der Waals surface area contributed by atoms with Gasteiger partial charge in [0.2, 0.25) is 0 Å². The molecule has 9 heteroatoms. The maximum absolute atomic E-state index is 13.0. The molecule has 0 aliphatic carbocycles. The molecule has 0 bridgehead atoms. The van der Waals surface area contributed by atoms with Crippen LogP contribution < -0.4 is 14.8 Å². The smallest absolute Gasteiger partial charge is 0.484 e. The molecule has 0 aliphatic rings. The second-order valence-electron chi connectivity index (χ2n) is 4.49. The summed E-state index contributed by atoms with van der Waals surface area (Å²) < 4.78 is 58.3. The molecule has 0 spiro atoms. The molecule has 0 saturated carbocycles. The highest BCUT2D eigenvalue weighted by Crippen LogP contribution is 2.25. The third kappa shape index (κ3) is 5.62. The van der Waals surface area contributed by atoms with Gasteiger partial charge in [0.25, 0.3) is 5.91 Å². The molecule has 0 atom stereocenters. The number of hydrogen-bond acceptors (Lipinski definition) is 3. The molecular weight excluding hydrogens is 354 g/mol. The number of halogens is 5. The second-order valence-corrected chi connectivity index (χ2v) is 4.90. The third-order valence-electron chi connectivity index (χ3n) is 2.61. The molecule has 2 aromatic rings. The number of nitrogens with one attached hydrogen (secondary N) is 1. The molecule has 1 amide bonds. The van der Waals surface area contributed by atoms with Crippen LogP contribution in [0.5, 0.6) is 11.5 Å². The van der Waals surface area contributed by atoms with Crippen molar-refractivity contribution in [1.29, 1.82) is 0 Å². The van der Waals surface area contributed by atoms with Gasteiger partial charge in [0, 0.05) is 17.8 Å². The fourth-order valence-corrected chi connectivity index (χ4v) is 1.85. The molecule has 0 fully saturated rings. The van der Waals surface area contributed by atoms with E-state index in [9.17, 15) is 22.4 Å². The minimum atomic E-state index is -4.83. The first-order chi connectivity index (χ1) is 11.2. The number of amides is 1. The highest BCUT2D eigenvalue weighted by Gasteiger charge is 2.31. The van der Waals surface area contributed by atoms with Crippen LogP contribution in [0.15, 0.2) is 42.5 Å². The fourth-order valence-electron chi connectivity index (χ4n) is 1.68. The summed E-state index contributed by atoms with van der Waals surface area (Å²) in [7, 11) is 0. The van der Waals surface area contributed by atoms with E-state index in [0.29, 0.717) is 0 Å². The van der Waals surface area contributed by atoms with Crippen LogP contribution in [-0.2, 0) is 4.79 Å². The normalized spacial score (nSPS) is 11.0. The quantitative estimate of drug-likeness (QED) is 0.801. The molecule has 0 heterocycles. The zero-order chi connectivity index (χ0) is 17.7. The highest BCUT2D eigenvalue weighted by molar-refractivity contribution is 6.30. The lowest BCUT2D eigenvalue weighted by atomic mass is 10.3. The minimum Gasteiger partial charge on any atom is -0.484 e. The fraction of sp³-hybridized carbons (Fsp3) is 0.133. The first-order valence-electron chi connectivity index (χ1n) is 6.46. The molecule has 0 radical (unpaired) electrons. The summed E-state index contributed by atoms with van der Waals surface area (Å²) in [5.41, 5.74) is 0.0995. The average molecular weight is 364 g/mol. The Labute approximate surface area is 138 Å². The van der Waals surface area contributed by atoms with Gasteiger partial charge >= 0.3 is 6.36 Å². The van der Waals surface area contributed by atoms with Crippen molar-refractivity contribution in [3.8, 4) is 11.5 Å². The van der Waals surface area contributed by atoms with E-state index in [4.69, 9.17) is 16.3 Å². The van der Waals surface area contributed by atoms with E-state index >= 15 is 0 Å². The zero-order valence-electron chi connectivity index (χ0n) is 11.9. The van der Waals surface area contributed by atoms with Crippen molar-refractivity contribution in [3.63, 3.8) is 0 Å². The van der Waals surface area contributed by atoms with Gasteiger partial charge in [-0.1, -0.05) is 17.7 Å². The van der Waals surface area contributed by atoms with Crippen LogP contribution in [-0.4, -0.2) is 18.9 Å². The highest BCUT2D eigenvalue weighted by atomic mass is 35.5. The Bertz CT molecular complexity index is 737. The number of carbonyl (C=O) groups is 1. The maximum atomic E-state index is 13.0. The predicted octanol–water partition coefficient (Wildman–Crippen LogP) is 4.40. The molecule has 2 aromatic carbocycles. The lowest BCUT2D eigenvalue weighted by Crippen LogP contribution is -2.20. The van der Waals surface area contributed by atoms with Crippen molar-refractivity contribution in [1.82, 2.24) is 0 Å². The summed E-state index contributed by atoms with van der Waals surface area (Å²) in [6.07, 6.45) is -4.83. The number of benzene rings is 2. The van der Waals surface area contributed by atoms with Crippen LogP contribution in [0, 0.1) is 5.82 Å². The second kappa shape index (κ2) is 7.39. The number of hydrogen-bond donors (Lipinski definition) is 1. The van der Waals surface area contributed by atoms with Gasteiger partial charge in [-0.15, -0.1) is 13.2 Å². The van der Waals surface area contributed by atoms with Crippen molar-refractivity contribution in [2.75, 3.05) is 11.9 Å². The van der Waals surface area contributed by atoms with Gasteiger partial charge in [-0.3, -0.25) is 4.79 Å². The van der Waals surface area contributed by atoms with Crippen molar-refractivity contribution < 1.29 is 31.8 Å². The predicted molar refractivity (Wildman–Crippen MR) is 78.7 cm³/mol. The van der Waals surface area contributed by atoms with Crippen LogP contribution in [0.25, 0.3) is 0 Å². The molecular formula is C15H10ClF4NO3. The topological polar surface area (TPSA) is 47.6 Å². The van der Waals surface area contributed by atoms with E-state index in [1.165, 1.54) is 24.3 Å². The Morgan fingerprint density at radius 3 is 2.54 bits per heavy atom. The summed E-state index contributed by atoms with van der Waals surface area (Å²) >= 11 is 5.57. The van der Waals surface area contributed by atoms with Crippen LogP contribution in [0.2, 0.25) is 5.02 Å². The van der Waals surface area contributed by atoms with Gasteiger partial charge in [-0.05, 0) is 24.3 Å². The van der Waals surface area contributed by atoms with E-state index in [1.54, 1.807) is 0 Å². The Kier molecular flexibility index (Phi) is 5.50. The third-order valence-corrected chi connectivity index (χ3v) is 2.90. The summed E-state index contributed by atoms with van der Waals surface area (Å²) in [6.45, 7) is -0.438. The largest absolute Gasteiger partial charge is 0.573 e. The zero-order valence-corrected chi connectivity index (χ0v) is 12.6. The van der Waals surface area contributed by atoms with Crippen LogP contribution >= 0.6 is 11.6 Å².